The number of anilines is 1. The SMILES string of the molecule is Cc1ccc(NC(=O)COC(=O)C2(c3ccc(F)cc3)CCOCC2)cc1. The largest absolute Gasteiger partial charge is 0.455 e. The molecule has 1 fully saturated rings. The van der Waals surface area contributed by atoms with E-state index < -0.39 is 17.3 Å². The summed E-state index contributed by atoms with van der Waals surface area (Å²) in [7, 11) is 0. The molecule has 0 bridgehead atoms. The van der Waals surface area contributed by atoms with E-state index in [-0.39, 0.29) is 12.4 Å². The van der Waals surface area contributed by atoms with Crippen molar-refractivity contribution >= 4 is 17.6 Å². The van der Waals surface area contributed by atoms with E-state index in [4.69, 9.17) is 9.47 Å². The van der Waals surface area contributed by atoms with Crippen LogP contribution in [0.1, 0.15) is 24.0 Å². The van der Waals surface area contributed by atoms with Crippen LogP contribution in [0.3, 0.4) is 0 Å². The molecule has 6 heteroatoms. The van der Waals surface area contributed by atoms with E-state index >= 15 is 0 Å². The molecule has 1 amide bonds. The molecule has 1 saturated heterocycles. The molecule has 1 aliphatic heterocycles. The Labute approximate surface area is 157 Å². The molecule has 0 aromatic heterocycles. The molecule has 0 spiro atoms. The lowest BCUT2D eigenvalue weighted by Crippen LogP contribution is -2.43. The first-order valence-corrected chi connectivity index (χ1v) is 8.87. The fourth-order valence-electron chi connectivity index (χ4n) is 3.20. The third-order valence-corrected chi connectivity index (χ3v) is 4.80. The number of hydrogen-bond donors (Lipinski definition) is 1. The molecular formula is C21H22FNO4. The van der Waals surface area contributed by atoms with Crippen LogP contribution in [0.5, 0.6) is 0 Å². The molecule has 0 saturated carbocycles. The predicted octanol–water partition coefficient (Wildman–Crippen LogP) is 3.36. The van der Waals surface area contributed by atoms with Gasteiger partial charge in [-0.05, 0) is 49.6 Å². The van der Waals surface area contributed by atoms with Gasteiger partial charge >= 0.3 is 5.97 Å². The normalized spacial score (nSPS) is 15.8. The van der Waals surface area contributed by atoms with E-state index in [0.29, 0.717) is 37.3 Å². The van der Waals surface area contributed by atoms with Gasteiger partial charge in [0.1, 0.15) is 5.82 Å². The van der Waals surface area contributed by atoms with Gasteiger partial charge in [-0.3, -0.25) is 9.59 Å². The Morgan fingerprint density at radius 3 is 2.33 bits per heavy atom. The first-order valence-electron chi connectivity index (χ1n) is 8.87. The summed E-state index contributed by atoms with van der Waals surface area (Å²) in [6.07, 6.45) is 0.855. The molecule has 142 valence electrons. The summed E-state index contributed by atoms with van der Waals surface area (Å²) >= 11 is 0. The number of benzene rings is 2. The van der Waals surface area contributed by atoms with E-state index in [2.05, 4.69) is 5.32 Å². The second-order valence-corrected chi connectivity index (χ2v) is 6.69. The van der Waals surface area contributed by atoms with Gasteiger partial charge in [-0.25, -0.2) is 4.39 Å². The fraction of sp³-hybridized carbons (Fsp3) is 0.333. The highest BCUT2D eigenvalue weighted by Gasteiger charge is 2.43. The average molecular weight is 371 g/mol. The smallest absolute Gasteiger partial charge is 0.317 e. The number of carbonyl (C=O) groups is 2. The van der Waals surface area contributed by atoms with Gasteiger partial charge in [0, 0.05) is 18.9 Å². The van der Waals surface area contributed by atoms with Crippen LogP contribution in [0, 0.1) is 12.7 Å². The predicted molar refractivity (Wildman–Crippen MR) is 98.9 cm³/mol. The van der Waals surface area contributed by atoms with Crippen molar-refractivity contribution in [1.29, 1.82) is 0 Å². The molecule has 0 aliphatic carbocycles. The summed E-state index contributed by atoms with van der Waals surface area (Å²) < 4.78 is 24.0. The molecule has 3 rings (SSSR count). The van der Waals surface area contributed by atoms with E-state index in [1.807, 2.05) is 19.1 Å². The van der Waals surface area contributed by atoms with Crippen LogP contribution in [0.4, 0.5) is 10.1 Å². The van der Waals surface area contributed by atoms with Crippen molar-refractivity contribution in [3.63, 3.8) is 0 Å². The molecular weight excluding hydrogens is 349 g/mol. The lowest BCUT2D eigenvalue weighted by molar-refractivity contribution is -0.157. The Balaban J connectivity index is 1.66. The number of amides is 1. The van der Waals surface area contributed by atoms with Gasteiger partial charge in [-0.1, -0.05) is 29.8 Å². The Morgan fingerprint density at radius 2 is 1.70 bits per heavy atom. The zero-order valence-electron chi connectivity index (χ0n) is 15.2. The summed E-state index contributed by atoms with van der Waals surface area (Å²) in [6.45, 7) is 2.39. The Kier molecular flexibility index (Phi) is 5.86. The van der Waals surface area contributed by atoms with Crippen LogP contribution < -0.4 is 5.32 Å². The van der Waals surface area contributed by atoms with E-state index in [1.165, 1.54) is 12.1 Å². The van der Waals surface area contributed by atoms with Gasteiger partial charge in [-0.15, -0.1) is 0 Å². The minimum Gasteiger partial charge on any atom is -0.455 e. The van der Waals surface area contributed by atoms with Gasteiger partial charge in [0.25, 0.3) is 5.91 Å². The Hall–Kier alpha value is -2.73. The molecule has 0 unspecified atom stereocenters. The average Bonchev–Trinajstić information content (AvgIpc) is 2.69. The third kappa shape index (κ3) is 4.52. The molecule has 1 aliphatic rings. The Morgan fingerprint density at radius 1 is 1.07 bits per heavy atom. The zero-order chi connectivity index (χ0) is 19.3. The minimum absolute atomic E-state index is 0.369. The standard InChI is InChI=1S/C21H22FNO4/c1-15-2-8-18(9-3-15)23-19(24)14-27-20(25)21(10-12-26-13-11-21)16-4-6-17(22)7-5-16/h2-9H,10-14H2,1H3,(H,23,24). The first kappa shape index (κ1) is 19.0. The highest BCUT2D eigenvalue weighted by atomic mass is 19.1. The number of hydrogen-bond acceptors (Lipinski definition) is 4. The summed E-state index contributed by atoms with van der Waals surface area (Å²) in [5, 5.41) is 2.70. The lowest BCUT2D eigenvalue weighted by atomic mass is 9.74. The van der Waals surface area contributed by atoms with E-state index in [9.17, 15) is 14.0 Å². The summed E-state index contributed by atoms with van der Waals surface area (Å²) in [5.74, 6) is -1.27. The number of halogens is 1. The monoisotopic (exact) mass is 371 g/mol. The minimum atomic E-state index is -0.921. The highest BCUT2D eigenvalue weighted by molar-refractivity contribution is 5.93. The van der Waals surface area contributed by atoms with Crippen molar-refractivity contribution in [3.05, 3.63) is 65.5 Å². The maximum Gasteiger partial charge on any atom is 0.317 e. The van der Waals surface area contributed by atoms with Crippen molar-refractivity contribution in [2.24, 2.45) is 0 Å². The van der Waals surface area contributed by atoms with Gasteiger partial charge < -0.3 is 14.8 Å². The molecule has 5 nitrogen and oxygen atoms in total. The molecule has 27 heavy (non-hydrogen) atoms. The van der Waals surface area contributed by atoms with Crippen LogP contribution in [0.25, 0.3) is 0 Å². The van der Waals surface area contributed by atoms with Crippen molar-refractivity contribution < 1.29 is 23.5 Å². The van der Waals surface area contributed by atoms with Crippen LogP contribution in [-0.2, 0) is 24.5 Å². The maximum absolute atomic E-state index is 13.3. The van der Waals surface area contributed by atoms with Crippen LogP contribution in [0.2, 0.25) is 0 Å². The molecule has 2 aromatic carbocycles. The third-order valence-electron chi connectivity index (χ3n) is 4.80. The Bertz CT molecular complexity index is 796. The molecule has 0 radical (unpaired) electrons. The number of ether oxygens (including phenoxy) is 2. The second kappa shape index (κ2) is 8.31. The second-order valence-electron chi connectivity index (χ2n) is 6.69. The highest BCUT2D eigenvalue weighted by Crippen LogP contribution is 2.36. The van der Waals surface area contributed by atoms with E-state index in [1.54, 1.807) is 24.3 Å². The van der Waals surface area contributed by atoms with Crippen molar-refractivity contribution in [2.75, 3.05) is 25.1 Å². The topological polar surface area (TPSA) is 64.6 Å². The number of aryl methyl sites for hydroxylation is 1. The zero-order valence-corrected chi connectivity index (χ0v) is 15.2. The summed E-state index contributed by atoms with van der Waals surface area (Å²) in [6, 6.07) is 13.2. The molecule has 1 N–H and O–H groups in total. The maximum atomic E-state index is 13.3. The number of carbonyl (C=O) groups excluding carboxylic acids is 2. The summed E-state index contributed by atoms with van der Waals surface area (Å²) in [5.41, 5.74) is 1.48. The van der Waals surface area contributed by atoms with Crippen LogP contribution >= 0.6 is 0 Å². The van der Waals surface area contributed by atoms with Gasteiger partial charge in [0.15, 0.2) is 6.61 Å². The van der Waals surface area contributed by atoms with Gasteiger partial charge in [0.2, 0.25) is 0 Å². The number of esters is 1. The van der Waals surface area contributed by atoms with Crippen LogP contribution in [0.15, 0.2) is 48.5 Å². The number of nitrogens with one attached hydrogen (secondary N) is 1. The van der Waals surface area contributed by atoms with Crippen molar-refractivity contribution in [3.8, 4) is 0 Å². The molecule has 1 heterocycles. The molecule has 2 aromatic rings. The van der Waals surface area contributed by atoms with Gasteiger partial charge in [-0.2, -0.15) is 0 Å². The lowest BCUT2D eigenvalue weighted by Gasteiger charge is -2.35. The van der Waals surface area contributed by atoms with Gasteiger partial charge in [0.05, 0.1) is 5.41 Å². The summed E-state index contributed by atoms with van der Waals surface area (Å²) in [4.78, 5) is 25.0. The first-order chi connectivity index (χ1) is 13.0. The van der Waals surface area contributed by atoms with Crippen molar-refractivity contribution in [2.45, 2.75) is 25.2 Å². The van der Waals surface area contributed by atoms with Crippen molar-refractivity contribution in [1.82, 2.24) is 0 Å². The van der Waals surface area contributed by atoms with Crippen LogP contribution in [-0.4, -0.2) is 31.7 Å². The van der Waals surface area contributed by atoms with E-state index in [0.717, 1.165) is 5.56 Å². The molecule has 0 atom stereocenters. The quantitative estimate of drug-likeness (QED) is 0.819. The fourth-order valence-corrected chi connectivity index (χ4v) is 3.20. The number of rotatable bonds is 5.